The van der Waals surface area contributed by atoms with Crippen LogP contribution < -0.4 is 10.6 Å². The fourth-order valence-corrected chi connectivity index (χ4v) is 2.54. The van der Waals surface area contributed by atoms with Gasteiger partial charge >= 0.3 is 5.97 Å². The molecule has 27 heavy (non-hydrogen) atoms. The first-order chi connectivity index (χ1) is 13.0. The van der Waals surface area contributed by atoms with Gasteiger partial charge in [-0.05, 0) is 56.7 Å². The molecule has 1 heterocycles. The average molecular weight is 363 g/mol. The number of ether oxygens (including phenoxy) is 1. The number of carbonyl (C=O) groups is 1. The van der Waals surface area contributed by atoms with E-state index in [1.165, 1.54) is 5.56 Å². The molecular weight excluding hydrogens is 342 g/mol. The van der Waals surface area contributed by atoms with Crippen LogP contribution in [0.2, 0.25) is 0 Å². The number of anilines is 4. The highest BCUT2D eigenvalue weighted by atomic mass is 16.5. The monoisotopic (exact) mass is 363 g/mol. The van der Waals surface area contributed by atoms with Crippen molar-refractivity contribution in [3.05, 3.63) is 65.4 Å². The number of aryl methyl sites for hydroxylation is 2. The smallest absolute Gasteiger partial charge is 0.338 e. The third kappa shape index (κ3) is 4.78. The van der Waals surface area contributed by atoms with E-state index in [1.54, 1.807) is 37.4 Å². The maximum atomic E-state index is 11.7. The molecule has 0 atom stereocenters. The van der Waals surface area contributed by atoms with Gasteiger partial charge in [-0.3, -0.25) is 0 Å². The summed E-state index contributed by atoms with van der Waals surface area (Å²) >= 11 is 0. The minimum absolute atomic E-state index is 0.346. The van der Waals surface area contributed by atoms with E-state index in [1.807, 2.05) is 19.1 Å². The van der Waals surface area contributed by atoms with Crippen molar-refractivity contribution in [3.8, 4) is 0 Å². The number of benzene rings is 2. The van der Waals surface area contributed by atoms with Gasteiger partial charge in [-0.15, -0.1) is 5.10 Å². The van der Waals surface area contributed by atoms with E-state index in [-0.39, 0.29) is 5.97 Å². The van der Waals surface area contributed by atoms with Gasteiger partial charge in [-0.25, -0.2) is 4.79 Å². The Hall–Kier alpha value is -3.48. The number of hydrogen-bond donors (Lipinski definition) is 2. The fourth-order valence-electron chi connectivity index (χ4n) is 2.54. The Balaban J connectivity index is 1.71. The summed E-state index contributed by atoms with van der Waals surface area (Å²) in [5, 5.41) is 14.3. The van der Waals surface area contributed by atoms with Gasteiger partial charge in [0.25, 0.3) is 0 Å². The van der Waals surface area contributed by atoms with Crippen LogP contribution in [-0.2, 0) is 4.74 Å². The molecule has 0 aliphatic carbocycles. The molecule has 0 unspecified atom stereocenters. The number of rotatable bonds is 6. The van der Waals surface area contributed by atoms with Crippen LogP contribution in [0.15, 0.2) is 48.7 Å². The second-order valence-electron chi connectivity index (χ2n) is 6.03. The molecule has 0 radical (unpaired) electrons. The summed E-state index contributed by atoms with van der Waals surface area (Å²) in [6.07, 6.45) is 1.56. The van der Waals surface area contributed by atoms with Crippen molar-refractivity contribution < 1.29 is 9.53 Å². The summed E-state index contributed by atoms with van der Waals surface area (Å²) in [7, 11) is 0. The lowest BCUT2D eigenvalue weighted by atomic mass is 10.1. The number of hydrogen-bond acceptors (Lipinski definition) is 7. The Morgan fingerprint density at radius 2 is 1.85 bits per heavy atom. The Kier molecular flexibility index (Phi) is 5.61. The first kappa shape index (κ1) is 18.3. The number of aromatic nitrogens is 3. The normalized spacial score (nSPS) is 10.3. The highest BCUT2D eigenvalue weighted by molar-refractivity contribution is 5.89. The summed E-state index contributed by atoms with van der Waals surface area (Å²) in [5.41, 5.74) is 4.52. The number of esters is 1. The molecule has 3 aromatic rings. The summed E-state index contributed by atoms with van der Waals surface area (Å²) in [4.78, 5) is 16.1. The average Bonchev–Trinajstić information content (AvgIpc) is 2.65. The van der Waals surface area contributed by atoms with Crippen LogP contribution in [0.5, 0.6) is 0 Å². The number of nitrogens with zero attached hydrogens (tertiary/aromatic N) is 3. The lowest BCUT2D eigenvalue weighted by Crippen LogP contribution is -2.05. The lowest BCUT2D eigenvalue weighted by Gasteiger charge is -2.10. The van der Waals surface area contributed by atoms with Crippen molar-refractivity contribution in [2.45, 2.75) is 20.8 Å². The molecule has 1 aromatic heterocycles. The fraction of sp³-hybridized carbons (Fsp3) is 0.200. The molecule has 0 fully saturated rings. The van der Waals surface area contributed by atoms with E-state index in [4.69, 9.17) is 4.74 Å². The molecule has 0 bridgehead atoms. The van der Waals surface area contributed by atoms with Crippen LogP contribution in [0, 0.1) is 13.8 Å². The molecule has 2 aromatic carbocycles. The van der Waals surface area contributed by atoms with Gasteiger partial charge in [0.05, 0.1) is 18.4 Å². The van der Waals surface area contributed by atoms with Crippen molar-refractivity contribution in [3.63, 3.8) is 0 Å². The van der Waals surface area contributed by atoms with Gasteiger partial charge in [-0.2, -0.15) is 10.1 Å². The van der Waals surface area contributed by atoms with E-state index >= 15 is 0 Å². The van der Waals surface area contributed by atoms with E-state index in [2.05, 4.69) is 38.8 Å². The Bertz CT molecular complexity index is 941. The standard InChI is InChI=1S/C20H21N5O2/c1-4-27-19(26)15-6-8-16(9-7-15)22-20-24-18(12-21-25-20)23-17-10-5-13(2)11-14(17)3/h5-12H,4H2,1-3H3,(H2,22,23,24,25). The van der Waals surface area contributed by atoms with Gasteiger partial charge in [0, 0.05) is 11.4 Å². The predicted molar refractivity (Wildman–Crippen MR) is 105 cm³/mol. The maximum absolute atomic E-state index is 11.7. The van der Waals surface area contributed by atoms with E-state index in [9.17, 15) is 4.79 Å². The van der Waals surface area contributed by atoms with Crippen molar-refractivity contribution in [1.29, 1.82) is 0 Å². The molecule has 7 heteroatoms. The van der Waals surface area contributed by atoms with Crippen LogP contribution in [0.4, 0.5) is 23.1 Å². The first-order valence-electron chi connectivity index (χ1n) is 8.63. The van der Waals surface area contributed by atoms with Crippen LogP contribution in [0.3, 0.4) is 0 Å². The molecule has 0 amide bonds. The lowest BCUT2D eigenvalue weighted by molar-refractivity contribution is 0.0526. The molecule has 7 nitrogen and oxygen atoms in total. The van der Waals surface area contributed by atoms with Gasteiger partial charge in [0.1, 0.15) is 0 Å². The second-order valence-corrected chi connectivity index (χ2v) is 6.03. The minimum atomic E-state index is -0.346. The third-order valence-corrected chi connectivity index (χ3v) is 3.86. The predicted octanol–water partition coefficient (Wildman–Crippen LogP) is 4.15. The van der Waals surface area contributed by atoms with E-state index in [0.717, 1.165) is 16.9 Å². The zero-order valence-corrected chi connectivity index (χ0v) is 15.5. The topological polar surface area (TPSA) is 89.0 Å². The molecule has 2 N–H and O–H groups in total. The summed E-state index contributed by atoms with van der Waals surface area (Å²) in [6.45, 7) is 6.21. The largest absolute Gasteiger partial charge is 0.462 e. The molecule has 0 spiro atoms. The van der Waals surface area contributed by atoms with Crippen LogP contribution in [0.25, 0.3) is 0 Å². The summed E-state index contributed by atoms with van der Waals surface area (Å²) in [5.74, 6) is 0.595. The van der Waals surface area contributed by atoms with Crippen molar-refractivity contribution in [2.75, 3.05) is 17.2 Å². The Labute approximate surface area is 157 Å². The third-order valence-electron chi connectivity index (χ3n) is 3.86. The van der Waals surface area contributed by atoms with Gasteiger partial charge in [-0.1, -0.05) is 17.7 Å². The molecule has 0 saturated carbocycles. The molecule has 0 aliphatic heterocycles. The Morgan fingerprint density at radius 3 is 2.56 bits per heavy atom. The highest BCUT2D eigenvalue weighted by Gasteiger charge is 2.07. The maximum Gasteiger partial charge on any atom is 0.338 e. The summed E-state index contributed by atoms with van der Waals surface area (Å²) < 4.78 is 4.97. The van der Waals surface area contributed by atoms with Gasteiger partial charge in [0.2, 0.25) is 5.95 Å². The molecule has 0 saturated heterocycles. The first-order valence-corrected chi connectivity index (χ1v) is 8.63. The van der Waals surface area contributed by atoms with Crippen LogP contribution in [0.1, 0.15) is 28.4 Å². The molecule has 138 valence electrons. The zero-order chi connectivity index (χ0) is 19.2. The van der Waals surface area contributed by atoms with E-state index in [0.29, 0.717) is 23.9 Å². The van der Waals surface area contributed by atoms with Crippen molar-refractivity contribution >= 4 is 29.1 Å². The van der Waals surface area contributed by atoms with Crippen LogP contribution in [-0.4, -0.2) is 27.8 Å². The molecule has 3 rings (SSSR count). The number of nitrogens with one attached hydrogen (secondary N) is 2. The van der Waals surface area contributed by atoms with Gasteiger partial charge < -0.3 is 15.4 Å². The van der Waals surface area contributed by atoms with Crippen molar-refractivity contribution in [1.82, 2.24) is 15.2 Å². The molecule has 0 aliphatic rings. The highest BCUT2D eigenvalue weighted by Crippen LogP contribution is 2.21. The minimum Gasteiger partial charge on any atom is -0.462 e. The van der Waals surface area contributed by atoms with E-state index < -0.39 is 0 Å². The zero-order valence-electron chi connectivity index (χ0n) is 15.5. The van der Waals surface area contributed by atoms with Crippen molar-refractivity contribution in [2.24, 2.45) is 0 Å². The Morgan fingerprint density at radius 1 is 1.07 bits per heavy atom. The number of carbonyl (C=O) groups excluding carboxylic acids is 1. The molecular formula is C20H21N5O2. The van der Waals surface area contributed by atoms with Crippen LogP contribution >= 0.6 is 0 Å². The summed E-state index contributed by atoms with van der Waals surface area (Å²) in [6, 6.07) is 13.0. The SMILES string of the molecule is CCOC(=O)c1ccc(Nc2nncc(Nc3ccc(C)cc3C)n2)cc1. The van der Waals surface area contributed by atoms with Gasteiger partial charge in [0.15, 0.2) is 5.82 Å². The quantitative estimate of drug-likeness (QED) is 0.636. The second kappa shape index (κ2) is 8.27.